The number of nitriles is 1. The van der Waals surface area contributed by atoms with Gasteiger partial charge in [-0.2, -0.15) is 5.26 Å². The minimum Gasteiger partial charge on any atom is -0.465 e. The summed E-state index contributed by atoms with van der Waals surface area (Å²) in [7, 11) is 0. The van der Waals surface area contributed by atoms with Crippen molar-refractivity contribution in [2.45, 2.75) is 80.1 Å². The van der Waals surface area contributed by atoms with E-state index in [0.717, 1.165) is 38.5 Å². The Hall–Kier alpha value is -1.82. The Bertz CT molecular complexity index is 545. The number of hydrogen-bond acceptors (Lipinski definition) is 3. The van der Waals surface area contributed by atoms with E-state index in [1.54, 1.807) is 6.92 Å². The fourth-order valence-corrected chi connectivity index (χ4v) is 2.74. The second-order valence-electron chi connectivity index (χ2n) is 7.37. The lowest BCUT2D eigenvalue weighted by molar-refractivity contribution is -0.147. The van der Waals surface area contributed by atoms with Gasteiger partial charge >= 0.3 is 5.97 Å². The molecule has 0 radical (unpaired) electrons. The Morgan fingerprint density at radius 3 is 2.04 bits per heavy atom. The van der Waals surface area contributed by atoms with Crippen LogP contribution in [0.4, 0.5) is 0 Å². The van der Waals surface area contributed by atoms with Gasteiger partial charge < -0.3 is 4.74 Å². The molecule has 146 valence electrons. The van der Waals surface area contributed by atoms with Crippen molar-refractivity contribution in [1.29, 1.82) is 5.26 Å². The maximum Gasteiger partial charge on any atom is 0.323 e. The van der Waals surface area contributed by atoms with Crippen LogP contribution in [0.15, 0.2) is 34.9 Å². The lowest BCUT2D eigenvalue weighted by atomic mass is 9.90. The maximum absolute atomic E-state index is 11.8. The predicted molar refractivity (Wildman–Crippen MR) is 110 cm³/mol. The van der Waals surface area contributed by atoms with E-state index in [0.29, 0.717) is 6.61 Å². The Morgan fingerprint density at radius 2 is 1.54 bits per heavy atom. The first-order chi connectivity index (χ1) is 12.3. The molecule has 0 aromatic heterocycles. The molecule has 0 N–H and O–H groups in total. The van der Waals surface area contributed by atoms with Crippen LogP contribution in [0, 0.1) is 23.2 Å². The first kappa shape index (κ1) is 24.2. The van der Waals surface area contributed by atoms with Gasteiger partial charge in [0.2, 0.25) is 0 Å². The number of carbonyl (C=O) groups is 1. The molecule has 0 aliphatic heterocycles. The van der Waals surface area contributed by atoms with Crippen LogP contribution < -0.4 is 0 Å². The normalized spacial score (nSPS) is 14.3. The molecule has 0 aliphatic rings. The number of ether oxygens (including phenoxy) is 1. The van der Waals surface area contributed by atoms with Gasteiger partial charge in [-0.25, -0.2) is 0 Å². The molecule has 3 nitrogen and oxygen atoms in total. The molecule has 0 aromatic rings. The smallest absolute Gasteiger partial charge is 0.323 e. The largest absolute Gasteiger partial charge is 0.465 e. The molecule has 0 rings (SSSR count). The zero-order chi connectivity index (χ0) is 19.9. The van der Waals surface area contributed by atoms with Gasteiger partial charge in [0, 0.05) is 0 Å². The van der Waals surface area contributed by atoms with Gasteiger partial charge in [0.25, 0.3) is 0 Å². The van der Waals surface area contributed by atoms with E-state index >= 15 is 0 Å². The summed E-state index contributed by atoms with van der Waals surface area (Å²) in [5, 5.41) is 9.19. The summed E-state index contributed by atoms with van der Waals surface area (Å²) >= 11 is 0. The minimum absolute atomic E-state index is 0.0142. The fraction of sp³-hybridized carbons (Fsp3) is 0.652. The van der Waals surface area contributed by atoms with Gasteiger partial charge in [-0.3, -0.25) is 4.79 Å². The number of allylic oxidation sites excluding steroid dienone is 6. The molecule has 2 atom stereocenters. The fourth-order valence-electron chi connectivity index (χ4n) is 2.74. The number of rotatable bonds is 12. The van der Waals surface area contributed by atoms with Crippen molar-refractivity contribution in [2.24, 2.45) is 11.8 Å². The molecule has 2 unspecified atom stereocenters. The summed E-state index contributed by atoms with van der Waals surface area (Å²) < 4.78 is 4.97. The molecule has 26 heavy (non-hydrogen) atoms. The summed E-state index contributed by atoms with van der Waals surface area (Å²) in [6.45, 7) is 12.7. The van der Waals surface area contributed by atoms with E-state index in [2.05, 4.69) is 52.0 Å². The van der Waals surface area contributed by atoms with Crippen LogP contribution in [0.5, 0.6) is 0 Å². The second kappa shape index (κ2) is 14.4. The molecule has 0 amide bonds. The Labute approximate surface area is 160 Å². The molecule has 0 aromatic carbocycles. The average Bonchev–Trinajstić information content (AvgIpc) is 2.55. The first-order valence-corrected chi connectivity index (χ1v) is 9.82. The third-order valence-corrected chi connectivity index (χ3v) is 4.49. The topological polar surface area (TPSA) is 50.1 Å². The van der Waals surface area contributed by atoms with Crippen molar-refractivity contribution >= 4 is 5.97 Å². The van der Waals surface area contributed by atoms with Crippen LogP contribution in [0.25, 0.3) is 0 Å². The Balaban J connectivity index is 4.23. The van der Waals surface area contributed by atoms with Crippen LogP contribution in [0.3, 0.4) is 0 Å². The highest BCUT2D eigenvalue weighted by Gasteiger charge is 2.25. The molecule has 0 bridgehead atoms. The Morgan fingerprint density at radius 1 is 1.00 bits per heavy atom. The highest BCUT2D eigenvalue weighted by Crippen LogP contribution is 2.20. The molecule has 0 spiro atoms. The molecule has 0 aliphatic carbocycles. The third kappa shape index (κ3) is 11.7. The predicted octanol–water partition coefficient (Wildman–Crippen LogP) is 6.52. The molecular weight excluding hydrogens is 322 g/mol. The number of nitrogens with zero attached hydrogens (tertiary/aromatic N) is 1. The van der Waals surface area contributed by atoms with Crippen LogP contribution in [0.2, 0.25) is 0 Å². The molecule has 0 heterocycles. The molecule has 0 fully saturated rings. The van der Waals surface area contributed by atoms with E-state index in [4.69, 9.17) is 4.74 Å². The summed E-state index contributed by atoms with van der Waals surface area (Å²) in [5.41, 5.74) is 4.21. The van der Waals surface area contributed by atoms with E-state index in [1.807, 2.05) is 6.92 Å². The maximum atomic E-state index is 11.8. The standard InChI is InChI=1S/C23H37NO2/c1-7-26-23(25)22(17-24)21(6)16-10-15-20(5)14-9-13-19(4)12-8-11-18(2)3/h11,13,15,21-22H,7-10,12,14,16H2,1-6H3/b19-13+,20-15+. The number of hydrogen-bond donors (Lipinski definition) is 0. The average molecular weight is 360 g/mol. The zero-order valence-electron chi connectivity index (χ0n) is 17.6. The van der Waals surface area contributed by atoms with Crippen LogP contribution in [-0.4, -0.2) is 12.6 Å². The third-order valence-electron chi connectivity index (χ3n) is 4.49. The van der Waals surface area contributed by atoms with E-state index < -0.39 is 11.9 Å². The highest BCUT2D eigenvalue weighted by atomic mass is 16.5. The summed E-state index contributed by atoms with van der Waals surface area (Å²) in [6.07, 6.45) is 13.0. The van der Waals surface area contributed by atoms with Crippen LogP contribution >= 0.6 is 0 Å². The quantitative estimate of drug-likeness (QED) is 0.294. The lowest BCUT2D eigenvalue weighted by Crippen LogP contribution is -2.22. The molecule has 3 heteroatoms. The SMILES string of the molecule is CCOC(=O)C(C#N)C(C)CC/C=C(\C)CC/C=C(\C)CCC=C(C)C. The van der Waals surface area contributed by atoms with Crippen molar-refractivity contribution in [3.63, 3.8) is 0 Å². The molecule has 0 saturated heterocycles. The van der Waals surface area contributed by atoms with Gasteiger partial charge in [0.05, 0.1) is 12.7 Å². The summed E-state index contributed by atoms with van der Waals surface area (Å²) in [6, 6.07) is 2.09. The first-order valence-electron chi connectivity index (χ1n) is 9.82. The summed E-state index contributed by atoms with van der Waals surface area (Å²) in [5.74, 6) is -1.03. The van der Waals surface area contributed by atoms with Crippen molar-refractivity contribution in [3.05, 3.63) is 34.9 Å². The molecule has 0 saturated carbocycles. The van der Waals surface area contributed by atoms with Crippen molar-refractivity contribution in [2.75, 3.05) is 6.61 Å². The zero-order valence-corrected chi connectivity index (χ0v) is 17.6. The van der Waals surface area contributed by atoms with Gasteiger partial charge in [-0.1, -0.05) is 41.9 Å². The van der Waals surface area contributed by atoms with E-state index in [9.17, 15) is 10.1 Å². The minimum atomic E-state index is -0.657. The van der Waals surface area contributed by atoms with E-state index in [-0.39, 0.29) is 5.92 Å². The lowest BCUT2D eigenvalue weighted by Gasteiger charge is -2.15. The van der Waals surface area contributed by atoms with Gasteiger partial charge in [0.1, 0.15) is 5.92 Å². The number of esters is 1. The molecular formula is C23H37NO2. The highest BCUT2D eigenvalue weighted by molar-refractivity contribution is 5.75. The Kier molecular flexibility index (Phi) is 13.4. The van der Waals surface area contributed by atoms with Gasteiger partial charge in [0.15, 0.2) is 0 Å². The van der Waals surface area contributed by atoms with Crippen LogP contribution in [0.1, 0.15) is 80.1 Å². The second-order valence-corrected chi connectivity index (χ2v) is 7.37. The van der Waals surface area contributed by atoms with E-state index in [1.165, 1.54) is 16.7 Å². The number of carbonyl (C=O) groups excluding carboxylic acids is 1. The monoisotopic (exact) mass is 359 g/mol. The van der Waals surface area contributed by atoms with Crippen molar-refractivity contribution in [3.8, 4) is 6.07 Å². The summed E-state index contributed by atoms with van der Waals surface area (Å²) in [4.78, 5) is 11.8. The van der Waals surface area contributed by atoms with Crippen molar-refractivity contribution < 1.29 is 9.53 Å². The van der Waals surface area contributed by atoms with Crippen molar-refractivity contribution in [1.82, 2.24) is 0 Å². The van der Waals surface area contributed by atoms with Gasteiger partial charge in [-0.05, 0) is 79.1 Å². The van der Waals surface area contributed by atoms with Crippen LogP contribution in [-0.2, 0) is 9.53 Å². The van der Waals surface area contributed by atoms with Gasteiger partial charge in [-0.15, -0.1) is 0 Å².